The first-order valence-corrected chi connectivity index (χ1v) is 8.27. The highest BCUT2D eigenvalue weighted by atomic mass is 35.5. The number of benzene rings is 2. The molecule has 0 aliphatic rings. The van der Waals surface area contributed by atoms with E-state index in [0.717, 1.165) is 0 Å². The van der Waals surface area contributed by atoms with E-state index in [1.165, 1.54) is 0 Å². The second-order valence-corrected chi connectivity index (χ2v) is 6.64. The van der Waals surface area contributed by atoms with E-state index in [-0.39, 0.29) is 0 Å². The first-order chi connectivity index (χ1) is 10.4. The second-order valence-electron chi connectivity index (χ2n) is 4.16. The minimum absolute atomic E-state index is 0.353. The molecule has 0 N–H and O–H groups in total. The summed E-state index contributed by atoms with van der Waals surface area (Å²) in [6.45, 7) is 0. The van der Waals surface area contributed by atoms with Gasteiger partial charge in [-0.2, -0.15) is 0 Å². The summed E-state index contributed by atoms with van der Waals surface area (Å²) >= 11 is 35.8. The van der Waals surface area contributed by atoms with Gasteiger partial charge in [0, 0.05) is 31.2 Å². The minimum Gasteiger partial charge on any atom is -0.210 e. The number of hydrogen-bond donors (Lipinski definition) is 0. The summed E-state index contributed by atoms with van der Waals surface area (Å²) in [4.78, 5) is 10.1. The maximum atomic E-state index is 6.07. The fourth-order valence-electron chi connectivity index (χ4n) is 1.57. The monoisotopic (exact) mass is 418 g/mol. The Hall–Kier alpha value is 0.1000. The molecule has 0 spiro atoms. The maximum absolute atomic E-state index is 6.07. The van der Waals surface area contributed by atoms with E-state index >= 15 is 0 Å². The molecule has 0 saturated heterocycles. The Morgan fingerprint density at radius 2 is 1.00 bits per heavy atom. The zero-order valence-corrected chi connectivity index (χ0v) is 15.2. The standard InChI is InChI=1S/C14H8Cl6O2/c15-7-1-3-9(11(17)5-7)13(19)21-22-14(20)10-4-2-8(16)6-12(10)18/h1-6,13-14H. The highest BCUT2D eigenvalue weighted by Crippen LogP contribution is 2.35. The summed E-state index contributed by atoms with van der Waals surface area (Å²) < 4.78 is 0. The van der Waals surface area contributed by atoms with Gasteiger partial charge < -0.3 is 0 Å². The van der Waals surface area contributed by atoms with E-state index in [0.29, 0.717) is 31.2 Å². The number of hydrogen-bond acceptors (Lipinski definition) is 2. The first kappa shape index (κ1) is 18.4. The molecule has 22 heavy (non-hydrogen) atoms. The van der Waals surface area contributed by atoms with Gasteiger partial charge in [0.15, 0.2) is 11.1 Å². The molecule has 0 radical (unpaired) electrons. The Labute approximate surface area is 157 Å². The van der Waals surface area contributed by atoms with Crippen molar-refractivity contribution >= 4 is 69.6 Å². The molecule has 2 aromatic rings. The molecule has 0 heterocycles. The summed E-state index contributed by atoms with van der Waals surface area (Å²) in [5, 5.41) is 1.68. The largest absolute Gasteiger partial charge is 0.210 e. The quantitative estimate of drug-likeness (QED) is 0.284. The molecule has 0 aromatic heterocycles. The van der Waals surface area contributed by atoms with E-state index in [2.05, 4.69) is 0 Å². The lowest BCUT2D eigenvalue weighted by molar-refractivity contribution is -0.322. The van der Waals surface area contributed by atoms with Gasteiger partial charge in [0.25, 0.3) is 0 Å². The molecule has 0 saturated carbocycles. The summed E-state index contributed by atoms with van der Waals surface area (Å²) in [7, 11) is 0. The lowest BCUT2D eigenvalue weighted by Gasteiger charge is -2.16. The fourth-order valence-corrected chi connectivity index (χ4v) is 3.16. The molecular weight excluding hydrogens is 413 g/mol. The third-order valence-corrected chi connectivity index (χ3v) is 4.38. The molecule has 0 aliphatic carbocycles. The van der Waals surface area contributed by atoms with Crippen LogP contribution in [-0.2, 0) is 9.78 Å². The lowest BCUT2D eigenvalue weighted by atomic mass is 10.2. The Kier molecular flexibility index (Phi) is 6.93. The normalized spacial score (nSPS) is 13.9. The summed E-state index contributed by atoms with van der Waals surface area (Å²) in [5.41, 5.74) is -0.924. The Morgan fingerprint density at radius 3 is 1.32 bits per heavy atom. The number of alkyl halides is 2. The van der Waals surface area contributed by atoms with Crippen LogP contribution in [0, 0.1) is 0 Å². The molecule has 0 bridgehead atoms. The lowest BCUT2D eigenvalue weighted by Crippen LogP contribution is -2.03. The van der Waals surface area contributed by atoms with Crippen molar-refractivity contribution in [3.63, 3.8) is 0 Å². The van der Waals surface area contributed by atoms with Gasteiger partial charge in [-0.15, -0.1) is 0 Å². The van der Waals surface area contributed by atoms with Gasteiger partial charge in [-0.25, -0.2) is 9.78 Å². The van der Waals surface area contributed by atoms with E-state index < -0.39 is 11.1 Å². The summed E-state index contributed by atoms with van der Waals surface area (Å²) in [5.74, 6) is 0. The smallest absolute Gasteiger partial charge is 0.193 e. The van der Waals surface area contributed by atoms with Crippen LogP contribution in [0.3, 0.4) is 0 Å². The van der Waals surface area contributed by atoms with E-state index in [1.54, 1.807) is 36.4 Å². The first-order valence-electron chi connectivity index (χ1n) is 5.88. The van der Waals surface area contributed by atoms with Crippen LogP contribution < -0.4 is 0 Å². The Morgan fingerprint density at radius 1 is 0.636 bits per heavy atom. The van der Waals surface area contributed by atoms with Gasteiger partial charge in [0.1, 0.15) is 0 Å². The van der Waals surface area contributed by atoms with Crippen molar-refractivity contribution in [1.82, 2.24) is 0 Å². The summed E-state index contributed by atoms with van der Waals surface area (Å²) in [6.07, 6.45) is 0. The third kappa shape index (κ3) is 4.80. The van der Waals surface area contributed by atoms with Gasteiger partial charge in [-0.3, -0.25) is 0 Å². The van der Waals surface area contributed by atoms with Crippen molar-refractivity contribution in [2.45, 2.75) is 11.1 Å². The second kappa shape index (κ2) is 8.27. The van der Waals surface area contributed by atoms with Crippen LogP contribution in [-0.4, -0.2) is 0 Å². The minimum atomic E-state index is -0.961. The van der Waals surface area contributed by atoms with Crippen LogP contribution in [0.4, 0.5) is 0 Å². The molecule has 8 heteroatoms. The van der Waals surface area contributed by atoms with Crippen molar-refractivity contribution in [2.75, 3.05) is 0 Å². The molecule has 0 aliphatic heterocycles. The molecular formula is C14H8Cl6O2. The summed E-state index contributed by atoms with van der Waals surface area (Å²) in [6, 6.07) is 9.62. The topological polar surface area (TPSA) is 18.5 Å². The SMILES string of the molecule is Clc1ccc(C(Cl)OOC(Cl)c2ccc(Cl)cc2Cl)c(Cl)c1. The van der Waals surface area contributed by atoms with Crippen molar-refractivity contribution in [3.05, 3.63) is 67.6 Å². The third-order valence-electron chi connectivity index (χ3n) is 2.64. The number of rotatable bonds is 5. The predicted octanol–water partition coefficient (Wildman–Crippen LogP) is 7.42. The van der Waals surface area contributed by atoms with Crippen LogP contribution in [0.25, 0.3) is 0 Å². The highest BCUT2D eigenvalue weighted by molar-refractivity contribution is 6.36. The molecule has 2 nitrogen and oxygen atoms in total. The predicted molar refractivity (Wildman–Crippen MR) is 92.3 cm³/mol. The van der Waals surface area contributed by atoms with E-state index in [4.69, 9.17) is 79.4 Å². The van der Waals surface area contributed by atoms with Crippen LogP contribution in [0.5, 0.6) is 0 Å². The molecule has 2 unspecified atom stereocenters. The molecule has 118 valence electrons. The number of halogens is 6. The average molecular weight is 421 g/mol. The zero-order chi connectivity index (χ0) is 16.3. The van der Waals surface area contributed by atoms with Gasteiger partial charge in [-0.05, 0) is 24.3 Å². The van der Waals surface area contributed by atoms with Crippen molar-refractivity contribution in [1.29, 1.82) is 0 Å². The van der Waals surface area contributed by atoms with Gasteiger partial charge >= 0.3 is 0 Å². The fraction of sp³-hybridized carbons (Fsp3) is 0.143. The van der Waals surface area contributed by atoms with Crippen LogP contribution >= 0.6 is 69.6 Å². The average Bonchev–Trinajstić information content (AvgIpc) is 2.44. The molecule has 2 aromatic carbocycles. The Bertz CT molecular complexity index is 606. The van der Waals surface area contributed by atoms with Crippen molar-refractivity contribution < 1.29 is 9.78 Å². The van der Waals surface area contributed by atoms with E-state index in [1.807, 2.05) is 0 Å². The molecule has 2 rings (SSSR count). The van der Waals surface area contributed by atoms with Crippen molar-refractivity contribution in [2.24, 2.45) is 0 Å². The highest BCUT2D eigenvalue weighted by Gasteiger charge is 2.19. The Balaban J connectivity index is 2.02. The molecule has 0 fully saturated rings. The van der Waals surface area contributed by atoms with E-state index in [9.17, 15) is 0 Å². The van der Waals surface area contributed by atoms with Gasteiger partial charge in [0.2, 0.25) is 0 Å². The van der Waals surface area contributed by atoms with Crippen LogP contribution in [0.1, 0.15) is 22.3 Å². The van der Waals surface area contributed by atoms with Crippen LogP contribution in [0.2, 0.25) is 20.1 Å². The van der Waals surface area contributed by atoms with Crippen LogP contribution in [0.15, 0.2) is 36.4 Å². The van der Waals surface area contributed by atoms with Crippen molar-refractivity contribution in [3.8, 4) is 0 Å². The maximum Gasteiger partial charge on any atom is 0.193 e. The molecule has 2 atom stereocenters. The van der Waals surface area contributed by atoms with Gasteiger partial charge in [-0.1, -0.05) is 81.7 Å². The molecule has 0 amide bonds. The van der Waals surface area contributed by atoms with Gasteiger partial charge in [0.05, 0.1) is 0 Å². The zero-order valence-electron chi connectivity index (χ0n) is 10.7.